The third-order valence-corrected chi connectivity index (χ3v) is 4.07. The molecule has 0 spiro atoms. The van der Waals surface area contributed by atoms with E-state index in [4.69, 9.17) is 5.73 Å². The molecule has 2 unspecified atom stereocenters. The summed E-state index contributed by atoms with van der Waals surface area (Å²) in [6.45, 7) is 3.64. The van der Waals surface area contributed by atoms with Crippen LogP contribution in [0.2, 0.25) is 0 Å². The normalized spacial score (nSPS) is 21.6. The van der Waals surface area contributed by atoms with Crippen molar-refractivity contribution >= 4 is 28.5 Å². The molecule has 2 rings (SSSR count). The zero-order valence-electron chi connectivity index (χ0n) is 9.90. The predicted octanol–water partition coefficient (Wildman–Crippen LogP) is 2.10. The number of hydrogen-bond donors (Lipinski definition) is 1. The number of amides is 1. The van der Waals surface area contributed by atoms with Gasteiger partial charge in [-0.2, -0.15) is 0 Å². The van der Waals surface area contributed by atoms with E-state index in [1.807, 2.05) is 36.1 Å². The molecule has 1 aliphatic rings. The third-order valence-electron chi connectivity index (χ3n) is 3.35. The summed E-state index contributed by atoms with van der Waals surface area (Å²) in [5.74, 6) is 0.576. The Morgan fingerprint density at radius 2 is 2.12 bits per heavy atom. The Morgan fingerprint density at radius 3 is 2.65 bits per heavy atom. The van der Waals surface area contributed by atoms with Gasteiger partial charge in [0.1, 0.15) is 0 Å². The Bertz CT molecular complexity index is 402. The van der Waals surface area contributed by atoms with E-state index < -0.39 is 0 Å². The van der Waals surface area contributed by atoms with Gasteiger partial charge in [-0.05, 0) is 66.1 Å². The van der Waals surface area contributed by atoms with Crippen LogP contribution in [0.1, 0.15) is 23.7 Å². The van der Waals surface area contributed by atoms with E-state index in [1.54, 1.807) is 0 Å². The van der Waals surface area contributed by atoms with Gasteiger partial charge in [-0.25, -0.2) is 0 Å². The summed E-state index contributed by atoms with van der Waals surface area (Å²) in [6.07, 6.45) is 1.02. The Balaban J connectivity index is 2.04. The van der Waals surface area contributed by atoms with E-state index in [0.717, 1.165) is 28.6 Å². The van der Waals surface area contributed by atoms with Crippen LogP contribution in [-0.2, 0) is 0 Å². The SMILES string of the molecule is CC(N)C1CCN(C(=O)c2ccc(I)cc2)C1. The summed E-state index contributed by atoms with van der Waals surface area (Å²) in [4.78, 5) is 14.1. The van der Waals surface area contributed by atoms with Crippen molar-refractivity contribution < 1.29 is 4.79 Å². The van der Waals surface area contributed by atoms with Crippen molar-refractivity contribution in [2.45, 2.75) is 19.4 Å². The summed E-state index contributed by atoms with van der Waals surface area (Å²) >= 11 is 2.24. The monoisotopic (exact) mass is 344 g/mol. The summed E-state index contributed by atoms with van der Waals surface area (Å²) in [7, 11) is 0. The first-order chi connectivity index (χ1) is 8.08. The van der Waals surface area contributed by atoms with E-state index in [2.05, 4.69) is 22.6 Å². The molecule has 1 saturated heterocycles. The molecule has 92 valence electrons. The zero-order chi connectivity index (χ0) is 12.4. The molecule has 0 aromatic heterocycles. The zero-order valence-corrected chi connectivity index (χ0v) is 12.1. The molecule has 2 atom stereocenters. The third kappa shape index (κ3) is 2.98. The van der Waals surface area contributed by atoms with Crippen LogP contribution in [0.15, 0.2) is 24.3 Å². The van der Waals surface area contributed by atoms with Gasteiger partial charge >= 0.3 is 0 Å². The predicted molar refractivity (Wildman–Crippen MR) is 76.8 cm³/mol. The molecular formula is C13H17IN2O. The highest BCUT2D eigenvalue weighted by molar-refractivity contribution is 14.1. The van der Waals surface area contributed by atoms with Gasteiger partial charge in [0.05, 0.1) is 0 Å². The maximum atomic E-state index is 12.2. The van der Waals surface area contributed by atoms with Crippen LogP contribution in [0.4, 0.5) is 0 Å². The lowest BCUT2D eigenvalue weighted by atomic mass is 10.0. The number of carbonyl (C=O) groups is 1. The minimum absolute atomic E-state index is 0.129. The van der Waals surface area contributed by atoms with E-state index in [-0.39, 0.29) is 11.9 Å². The molecule has 1 aliphatic heterocycles. The minimum atomic E-state index is 0.129. The van der Waals surface area contributed by atoms with Crippen LogP contribution in [-0.4, -0.2) is 29.9 Å². The molecule has 17 heavy (non-hydrogen) atoms. The van der Waals surface area contributed by atoms with Gasteiger partial charge in [-0.3, -0.25) is 4.79 Å². The molecule has 4 heteroatoms. The fraction of sp³-hybridized carbons (Fsp3) is 0.462. The molecule has 1 aromatic carbocycles. The van der Waals surface area contributed by atoms with Gasteiger partial charge < -0.3 is 10.6 Å². The molecule has 1 aromatic rings. The smallest absolute Gasteiger partial charge is 0.253 e. The Hall–Kier alpha value is -0.620. The fourth-order valence-electron chi connectivity index (χ4n) is 2.18. The van der Waals surface area contributed by atoms with Gasteiger partial charge in [0, 0.05) is 28.3 Å². The van der Waals surface area contributed by atoms with E-state index in [1.165, 1.54) is 0 Å². The fourth-order valence-corrected chi connectivity index (χ4v) is 2.54. The summed E-state index contributed by atoms with van der Waals surface area (Å²) < 4.78 is 1.15. The quantitative estimate of drug-likeness (QED) is 0.836. The first-order valence-electron chi connectivity index (χ1n) is 5.88. The van der Waals surface area contributed by atoms with Crippen molar-refractivity contribution in [3.05, 3.63) is 33.4 Å². The number of nitrogens with zero attached hydrogens (tertiary/aromatic N) is 1. The van der Waals surface area contributed by atoms with E-state index >= 15 is 0 Å². The lowest BCUT2D eigenvalue weighted by Crippen LogP contribution is -2.32. The molecule has 1 fully saturated rings. The number of halogens is 1. The van der Waals surface area contributed by atoms with Crippen molar-refractivity contribution in [3.8, 4) is 0 Å². The molecule has 0 aliphatic carbocycles. The molecule has 0 radical (unpaired) electrons. The molecule has 0 bridgehead atoms. The summed E-state index contributed by atoms with van der Waals surface area (Å²) in [5, 5.41) is 0. The Labute approximate surface area is 116 Å². The van der Waals surface area contributed by atoms with Gasteiger partial charge in [-0.15, -0.1) is 0 Å². The lowest BCUT2D eigenvalue weighted by Gasteiger charge is -2.18. The molecule has 3 nitrogen and oxygen atoms in total. The number of nitrogens with two attached hydrogens (primary N) is 1. The highest BCUT2D eigenvalue weighted by Crippen LogP contribution is 2.21. The average Bonchev–Trinajstić information content (AvgIpc) is 2.78. The largest absolute Gasteiger partial charge is 0.338 e. The van der Waals surface area contributed by atoms with Gasteiger partial charge in [0.2, 0.25) is 0 Å². The van der Waals surface area contributed by atoms with Crippen molar-refractivity contribution in [2.75, 3.05) is 13.1 Å². The standard InChI is InChI=1S/C13H17IN2O/c1-9(15)11-6-7-16(8-11)13(17)10-2-4-12(14)5-3-10/h2-5,9,11H,6-8,15H2,1H3. The number of likely N-dealkylation sites (tertiary alicyclic amines) is 1. The lowest BCUT2D eigenvalue weighted by molar-refractivity contribution is 0.0786. The van der Waals surface area contributed by atoms with E-state index in [9.17, 15) is 4.79 Å². The Morgan fingerprint density at radius 1 is 1.47 bits per heavy atom. The maximum absolute atomic E-state index is 12.2. The van der Waals surface area contributed by atoms with Crippen molar-refractivity contribution in [1.29, 1.82) is 0 Å². The minimum Gasteiger partial charge on any atom is -0.338 e. The van der Waals surface area contributed by atoms with Crippen LogP contribution in [0.25, 0.3) is 0 Å². The first-order valence-corrected chi connectivity index (χ1v) is 6.96. The number of rotatable bonds is 2. The Kier molecular flexibility index (Phi) is 4.04. The van der Waals surface area contributed by atoms with Crippen molar-refractivity contribution in [1.82, 2.24) is 4.90 Å². The summed E-state index contributed by atoms with van der Waals surface area (Å²) in [6, 6.07) is 7.89. The highest BCUT2D eigenvalue weighted by atomic mass is 127. The molecule has 0 saturated carbocycles. The second-order valence-electron chi connectivity index (χ2n) is 4.67. The van der Waals surface area contributed by atoms with Gasteiger partial charge in [0.15, 0.2) is 0 Å². The van der Waals surface area contributed by atoms with Crippen LogP contribution in [0, 0.1) is 9.49 Å². The molecule has 1 heterocycles. The van der Waals surface area contributed by atoms with Crippen molar-refractivity contribution in [3.63, 3.8) is 0 Å². The molecular weight excluding hydrogens is 327 g/mol. The maximum Gasteiger partial charge on any atom is 0.253 e. The van der Waals surface area contributed by atoms with Gasteiger partial charge in [-0.1, -0.05) is 0 Å². The molecule has 2 N–H and O–H groups in total. The van der Waals surface area contributed by atoms with Crippen LogP contribution >= 0.6 is 22.6 Å². The van der Waals surface area contributed by atoms with Crippen LogP contribution < -0.4 is 5.73 Å². The second-order valence-corrected chi connectivity index (χ2v) is 5.91. The first kappa shape index (κ1) is 12.8. The van der Waals surface area contributed by atoms with Crippen LogP contribution in [0.3, 0.4) is 0 Å². The number of hydrogen-bond acceptors (Lipinski definition) is 2. The summed E-state index contributed by atoms with van der Waals surface area (Å²) in [5.41, 5.74) is 6.65. The van der Waals surface area contributed by atoms with Crippen LogP contribution in [0.5, 0.6) is 0 Å². The second kappa shape index (κ2) is 5.35. The number of carbonyl (C=O) groups excluding carboxylic acids is 1. The average molecular weight is 344 g/mol. The highest BCUT2D eigenvalue weighted by Gasteiger charge is 2.28. The van der Waals surface area contributed by atoms with Gasteiger partial charge in [0.25, 0.3) is 5.91 Å². The molecule has 1 amide bonds. The topological polar surface area (TPSA) is 46.3 Å². The van der Waals surface area contributed by atoms with Crippen molar-refractivity contribution in [2.24, 2.45) is 11.7 Å². The van der Waals surface area contributed by atoms with E-state index in [0.29, 0.717) is 5.92 Å². The number of benzene rings is 1.